The molecule has 60 valence electrons. The first kappa shape index (κ1) is 9.94. The van der Waals surface area contributed by atoms with Crippen LogP contribution in [0, 0.1) is 0 Å². The van der Waals surface area contributed by atoms with Crippen molar-refractivity contribution in [2.45, 2.75) is 19.1 Å². The van der Waals surface area contributed by atoms with E-state index in [1.807, 2.05) is 0 Å². The second-order valence-corrected chi connectivity index (χ2v) is 2.84. The predicted molar refractivity (Wildman–Crippen MR) is 43.1 cm³/mol. The molecule has 1 unspecified atom stereocenters. The molecule has 0 aromatic carbocycles. The van der Waals surface area contributed by atoms with E-state index < -0.39 is 12.1 Å². The zero-order chi connectivity index (χ0) is 8.15. The van der Waals surface area contributed by atoms with Gasteiger partial charge in [-0.1, -0.05) is 11.8 Å². The van der Waals surface area contributed by atoms with Gasteiger partial charge in [-0.15, -0.1) is 0 Å². The van der Waals surface area contributed by atoms with Crippen LogP contribution in [0.3, 0.4) is 0 Å². The van der Waals surface area contributed by atoms with Crippen molar-refractivity contribution in [3.63, 3.8) is 0 Å². The molecule has 0 radical (unpaired) electrons. The summed E-state index contributed by atoms with van der Waals surface area (Å²) in [4.78, 5) is 10.9. The van der Waals surface area contributed by atoms with E-state index in [2.05, 4.69) is 5.32 Å². The van der Waals surface area contributed by atoms with Crippen molar-refractivity contribution in [2.75, 3.05) is 13.3 Å². The maximum atomic E-state index is 10.9. The van der Waals surface area contributed by atoms with E-state index in [0.29, 0.717) is 0 Å². The lowest BCUT2D eigenvalue weighted by molar-refractivity contribution is -0.114. The Morgan fingerprint density at radius 3 is 2.30 bits per heavy atom. The molecule has 0 aromatic heterocycles. The van der Waals surface area contributed by atoms with Crippen LogP contribution in [0.25, 0.3) is 0 Å². The lowest BCUT2D eigenvalue weighted by Gasteiger charge is -2.15. The van der Waals surface area contributed by atoms with Crippen molar-refractivity contribution < 1.29 is 9.90 Å². The zero-order valence-electron chi connectivity index (χ0n) is 6.42. The summed E-state index contributed by atoms with van der Waals surface area (Å²) in [7, 11) is 1.66. The molecule has 0 aliphatic carbocycles. The molecule has 0 heterocycles. The first-order valence-electron chi connectivity index (χ1n) is 3.06. The summed E-state index contributed by atoms with van der Waals surface area (Å²) in [5.41, 5.74) is 0. The molecular formula is C6H13NO2S. The Hall–Kier alpha value is -0.0600. The standard InChI is InChI=1S/C6H13NO2S/c1-4(8)5(7-2)6(9)10-3/h4-5,7-8H,1-3H3/t4?,5-/m1/s1. The SMILES string of the molecule is CN[C@@H](C(=O)SC)C(C)O. The summed E-state index contributed by atoms with van der Waals surface area (Å²) in [5.74, 6) is 0. The first-order chi connectivity index (χ1) is 4.63. The largest absolute Gasteiger partial charge is 0.391 e. The molecule has 0 saturated heterocycles. The minimum atomic E-state index is -0.620. The highest BCUT2D eigenvalue weighted by Gasteiger charge is 2.19. The molecule has 0 aliphatic heterocycles. The third-order valence-electron chi connectivity index (χ3n) is 1.25. The Morgan fingerprint density at radius 1 is 1.70 bits per heavy atom. The number of carbonyl (C=O) groups is 1. The summed E-state index contributed by atoms with van der Waals surface area (Å²) in [6.45, 7) is 1.59. The van der Waals surface area contributed by atoms with E-state index in [4.69, 9.17) is 5.11 Å². The number of rotatable bonds is 3. The van der Waals surface area contributed by atoms with Gasteiger partial charge in [-0.2, -0.15) is 0 Å². The maximum absolute atomic E-state index is 10.9. The molecule has 0 saturated carbocycles. The molecule has 0 fully saturated rings. The van der Waals surface area contributed by atoms with Gasteiger partial charge in [-0.05, 0) is 20.2 Å². The highest BCUT2D eigenvalue weighted by atomic mass is 32.2. The highest BCUT2D eigenvalue weighted by molar-refractivity contribution is 8.13. The molecule has 3 nitrogen and oxygen atoms in total. The number of hydrogen-bond acceptors (Lipinski definition) is 4. The quantitative estimate of drug-likeness (QED) is 0.607. The topological polar surface area (TPSA) is 49.3 Å². The van der Waals surface area contributed by atoms with Crippen LogP contribution >= 0.6 is 11.8 Å². The van der Waals surface area contributed by atoms with Gasteiger partial charge in [0.1, 0.15) is 6.04 Å². The summed E-state index contributed by atoms with van der Waals surface area (Å²) < 4.78 is 0. The number of aliphatic hydroxyl groups excluding tert-OH is 1. The Labute approximate surface area is 65.2 Å². The van der Waals surface area contributed by atoms with E-state index in [9.17, 15) is 4.79 Å². The molecule has 0 amide bonds. The van der Waals surface area contributed by atoms with E-state index in [1.54, 1.807) is 20.2 Å². The summed E-state index contributed by atoms with van der Waals surface area (Å²) in [6, 6.07) is -0.435. The van der Waals surface area contributed by atoms with Crippen LogP contribution < -0.4 is 5.32 Å². The molecule has 2 N–H and O–H groups in total. The van der Waals surface area contributed by atoms with Gasteiger partial charge >= 0.3 is 0 Å². The van der Waals surface area contributed by atoms with Gasteiger partial charge < -0.3 is 10.4 Å². The van der Waals surface area contributed by atoms with Crippen LogP contribution in [0.5, 0.6) is 0 Å². The third-order valence-corrected chi connectivity index (χ3v) is 1.90. The normalized spacial score (nSPS) is 16.4. The molecule has 0 aliphatic rings. The maximum Gasteiger partial charge on any atom is 0.208 e. The molecule has 2 atom stereocenters. The molecular weight excluding hydrogens is 150 g/mol. The summed E-state index contributed by atoms with van der Waals surface area (Å²) >= 11 is 1.12. The number of nitrogens with one attached hydrogen (secondary N) is 1. The highest BCUT2D eigenvalue weighted by Crippen LogP contribution is 2.03. The fourth-order valence-electron chi connectivity index (χ4n) is 0.683. The van der Waals surface area contributed by atoms with Gasteiger partial charge in [0, 0.05) is 0 Å². The minimum Gasteiger partial charge on any atom is -0.391 e. The molecule has 10 heavy (non-hydrogen) atoms. The molecule has 4 heteroatoms. The van der Waals surface area contributed by atoms with Crippen molar-refractivity contribution in [3.8, 4) is 0 Å². The van der Waals surface area contributed by atoms with Crippen molar-refractivity contribution >= 4 is 16.9 Å². The molecule has 0 aromatic rings. The van der Waals surface area contributed by atoms with Crippen LogP contribution in [0.2, 0.25) is 0 Å². The number of thioether (sulfide) groups is 1. The van der Waals surface area contributed by atoms with Crippen LogP contribution in [0.15, 0.2) is 0 Å². The molecule has 0 spiro atoms. The van der Waals surface area contributed by atoms with Gasteiger partial charge in [0.05, 0.1) is 6.10 Å². The number of likely N-dealkylation sites (N-methyl/N-ethyl adjacent to an activating group) is 1. The second-order valence-electron chi connectivity index (χ2n) is 2.03. The van der Waals surface area contributed by atoms with Crippen molar-refractivity contribution in [2.24, 2.45) is 0 Å². The van der Waals surface area contributed by atoms with Crippen molar-refractivity contribution in [1.29, 1.82) is 0 Å². The van der Waals surface area contributed by atoms with Gasteiger partial charge in [-0.25, -0.2) is 0 Å². The van der Waals surface area contributed by atoms with Crippen LogP contribution in [0.1, 0.15) is 6.92 Å². The van der Waals surface area contributed by atoms with E-state index in [0.717, 1.165) is 11.8 Å². The van der Waals surface area contributed by atoms with Gasteiger partial charge in [0.2, 0.25) is 5.12 Å². The fourth-order valence-corrected chi connectivity index (χ4v) is 1.25. The molecule has 0 bridgehead atoms. The Bertz CT molecular complexity index is 116. The Morgan fingerprint density at radius 2 is 2.20 bits per heavy atom. The predicted octanol–water partition coefficient (Wildman–Crippen LogP) is -0.155. The van der Waals surface area contributed by atoms with E-state index >= 15 is 0 Å². The molecule has 0 rings (SSSR count). The Balaban J connectivity index is 3.93. The van der Waals surface area contributed by atoms with Crippen LogP contribution in [0.4, 0.5) is 0 Å². The average Bonchev–Trinajstić information content (AvgIpc) is 1.88. The number of aliphatic hydroxyl groups is 1. The first-order valence-corrected chi connectivity index (χ1v) is 4.29. The lowest BCUT2D eigenvalue weighted by Crippen LogP contribution is -2.41. The van der Waals surface area contributed by atoms with Crippen LogP contribution in [-0.4, -0.2) is 35.7 Å². The lowest BCUT2D eigenvalue weighted by atomic mass is 10.2. The zero-order valence-corrected chi connectivity index (χ0v) is 7.23. The average molecular weight is 163 g/mol. The van der Waals surface area contributed by atoms with E-state index in [-0.39, 0.29) is 5.12 Å². The summed E-state index contributed by atoms with van der Waals surface area (Å²) in [5, 5.41) is 11.7. The summed E-state index contributed by atoms with van der Waals surface area (Å²) in [6.07, 6.45) is 1.08. The van der Waals surface area contributed by atoms with Crippen molar-refractivity contribution in [3.05, 3.63) is 0 Å². The van der Waals surface area contributed by atoms with Crippen molar-refractivity contribution in [1.82, 2.24) is 5.32 Å². The van der Waals surface area contributed by atoms with Gasteiger partial charge in [-0.3, -0.25) is 4.79 Å². The monoisotopic (exact) mass is 163 g/mol. The van der Waals surface area contributed by atoms with Gasteiger partial charge in [0.15, 0.2) is 0 Å². The fraction of sp³-hybridized carbons (Fsp3) is 0.833. The second kappa shape index (κ2) is 4.71. The smallest absolute Gasteiger partial charge is 0.208 e. The van der Waals surface area contributed by atoms with Gasteiger partial charge in [0.25, 0.3) is 0 Å². The Kier molecular flexibility index (Phi) is 4.68. The van der Waals surface area contributed by atoms with Crippen LogP contribution in [-0.2, 0) is 4.79 Å². The number of hydrogen-bond donors (Lipinski definition) is 2. The number of carbonyl (C=O) groups excluding carboxylic acids is 1. The van der Waals surface area contributed by atoms with E-state index in [1.165, 1.54) is 0 Å². The minimum absolute atomic E-state index is 0.0301. The third kappa shape index (κ3) is 2.68.